The minimum Gasteiger partial charge on any atom is -0.491 e. The van der Waals surface area contributed by atoms with E-state index in [2.05, 4.69) is 53.4 Å². The molecule has 1 heterocycles. The lowest BCUT2D eigenvalue weighted by molar-refractivity contribution is 0.189. The topological polar surface area (TPSA) is 12.5 Å². The zero-order valence-corrected chi connectivity index (χ0v) is 15.4. The van der Waals surface area contributed by atoms with Crippen molar-refractivity contribution in [1.82, 2.24) is 4.90 Å². The Hall–Kier alpha value is -2.65. The molecule has 0 spiro atoms. The molecule has 4 rings (SSSR count). The van der Waals surface area contributed by atoms with E-state index >= 15 is 0 Å². The summed E-state index contributed by atoms with van der Waals surface area (Å²) in [6.07, 6.45) is 0.820. The zero-order chi connectivity index (χ0) is 17.8. The summed E-state index contributed by atoms with van der Waals surface area (Å²) in [5, 5.41) is 0. The van der Waals surface area contributed by atoms with Crippen LogP contribution in [0.4, 0.5) is 0 Å². The van der Waals surface area contributed by atoms with E-state index in [0.29, 0.717) is 6.61 Å². The number of benzene rings is 3. The second-order valence-electron chi connectivity index (χ2n) is 6.52. The first-order valence-electron chi connectivity index (χ1n) is 8.90. The first kappa shape index (κ1) is 16.8. The molecule has 26 heavy (non-hydrogen) atoms. The van der Waals surface area contributed by atoms with Gasteiger partial charge in [-0.2, -0.15) is 0 Å². The molecule has 130 valence electrons. The predicted octanol–water partition coefficient (Wildman–Crippen LogP) is 5.19. The third kappa shape index (κ3) is 3.63. The quantitative estimate of drug-likeness (QED) is 0.582. The van der Waals surface area contributed by atoms with E-state index < -0.39 is 0 Å². The summed E-state index contributed by atoms with van der Waals surface area (Å²) in [7, 11) is 0. The molecule has 1 atom stereocenters. The largest absolute Gasteiger partial charge is 0.491 e. The van der Waals surface area contributed by atoms with Gasteiger partial charge in [-0.05, 0) is 28.8 Å². The van der Waals surface area contributed by atoms with Gasteiger partial charge in [-0.3, -0.25) is 0 Å². The van der Waals surface area contributed by atoms with Crippen molar-refractivity contribution in [2.75, 3.05) is 6.61 Å². The van der Waals surface area contributed by atoms with Crippen LogP contribution in [0.3, 0.4) is 0 Å². The summed E-state index contributed by atoms with van der Waals surface area (Å²) in [6.45, 7) is 1.38. The van der Waals surface area contributed by atoms with Crippen molar-refractivity contribution in [2.45, 2.75) is 19.0 Å². The molecule has 3 heteroatoms. The van der Waals surface area contributed by atoms with E-state index in [9.17, 15) is 0 Å². The van der Waals surface area contributed by atoms with Gasteiger partial charge in [-0.1, -0.05) is 85.0 Å². The summed E-state index contributed by atoms with van der Waals surface area (Å²) in [5.41, 5.74) is 3.88. The first-order valence-corrected chi connectivity index (χ1v) is 9.31. The molecule has 1 aliphatic heterocycles. The molecule has 0 saturated heterocycles. The van der Waals surface area contributed by atoms with Crippen molar-refractivity contribution in [3.63, 3.8) is 0 Å². The molecule has 0 N–H and O–H groups in total. The molecule has 0 fully saturated rings. The smallest absolute Gasteiger partial charge is 0.119 e. The summed E-state index contributed by atoms with van der Waals surface area (Å²) in [6, 6.07) is 29.2. The van der Waals surface area contributed by atoms with Gasteiger partial charge in [0.25, 0.3) is 0 Å². The number of ether oxygens (including phenoxy) is 1. The molecule has 2 nitrogen and oxygen atoms in total. The van der Waals surface area contributed by atoms with Gasteiger partial charge in [-0.15, -0.1) is 0 Å². The summed E-state index contributed by atoms with van der Waals surface area (Å²) >= 11 is 5.78. The molecular weight excluding hydrogens is 338 g/mol. The number of fused-ring (bicyclic) bond motifs is 1. The molecule has 0 aliphatic carbocycles. The maximum atomic E-state index is 6.12. The standard InChI is InChI=1S/C23H21NOS/c26-23-15-19-11-7-8-14-21(19)22(17-25-20-12-5-2-6-13-20)24(23)16-18-9-3-1-4-10-18/h1-14,22H,15-17H2. The SMILES string of the molecule is S=C1Cc2ccccc2C(COc2ccccc2)N1Cc1ccccc1. The molecule has 1 aliphatic rings. The van der Waals surface area contributed by atoms with Crippen molar-refractivity contribution < 1.29 is 4.74 Å². The number of nitrogens with zero attached hydrogens (tertiary/aromatic N) is 1. The average molecular weight is 359 g/mol. The first-order chi connectivity index (χ1) is 12.8. The molecule has 3 aromatic carbocycles. The number of thiocarbonyl (C=S) groups is 1. The highest BCUT2D eigenvalue weighted by Crippen LogP contribution is 2.33. The Morgan fingerprint density at radius 1 is 0.846 bits per heavy atom. The van der Waals surface area contributed by atoms with E-state index in [1.54, 1.807) is 0 Å². The fourth-order valence-electron chi connectivity index (χ4n) is 3.48. The minimum absolute atomic E-state index is 0.118. The molecule has 1 unspecified atom stereocenters. The molecule has 0 radical (unpaired) electrons. The van der Waals surface area contributed by atoms with E-state index in [1.807, 2.05) is 36.4 Å². The lowest BCUT2D eigenvalue weighted by atomic mass is 9.92. The summed E-state index contributed by atoms with van der Waals surface area (Å²) in [4.78, 5) is 3.30. The molecule has 0 saturated carbocycles. The summed E-state index contributed by atoms with van der Waals surface area (Å²) in [5.74, 6) is 0.890. The van der Waals surface area contributed by atoms with Crippen molar-refractivity contribution >= 4 is 17.2 Å². The van der Waals surface area contributed by atoms with Gasteiger partial charge in [0.1, 0.15) is 12.4 Å². The van der Waals surface area contributed by atoms with Crippen LogP contribution in [0.5, 0.6) is 5.75 Å². The van der Waals surface area contributed by atoms with Crippen LogP contribution in [-0.4, -0.2) is 16.5 Å². The highest BCUT2D eigenvalue weighted by Gasteiger charge is 2.30. The van der Waals surface area contributed by atoms with Crippen LogP contribution in [0.1, 0.15) is 22.7 Å². The van der Waals surface area contributed by atoms with Gasteiger partial charge in [-0.25, -0.2) is 0 Å². The van der Waals surface area contributed by atoms with Crippen molar-refractivity contribution in [3.05, 3.63) is 102 Å². The fraction of sp³-hybridized carbons (Fsp3) is 0.174. The molecule has 3 aromatic rings. The van der Waals surface area contributed by atoms with E-state index in [-0.39, 0.29) is 6.04 Å². The minimum atomic E-state index is 0.118. The average Bonchev–Trinajstić information content (AvgIpc) is 2.69. The Morgan fingerprint density at radius 2 is 1.50 bits per heavy atom. The maximum absolute atomic E-state index is 6.12. The Bertz CT molecular complexity index is 879. The van der Waals surface area contributed by atoms with Crippen LogP contribution in [0.2, 0.25) is 0 Å². The molecule has 0 amide bonds. The van der Waals surface area contributed by atoms with Crippen molar-refractivity contribution in [2.24, 2.45) is 0 Å². The number of hydrogen-bond donors (Lipinski definition) is 0. The lowest BCUT2D eigenvalue weighted by Crippen LogP contribution is -2.41. The van der Waals surface area contributed by atoms with Gasteiger partial charge >= 0.3 is 0 Å². The Kier molecular flexibility index (Phi) is 4.98. The van der Waals surface area contributed by atoms with Crippen LogP contribution < -0.4 is 4.74 Å². The van der Waals surface area contributed by atoms with E-state index in [1.165, 1.54) is 16.7 Å². The third-order valence-corrected chi connectivity index (χ3v) is 5.18. The molecule has 0 aromatic heterocycles. The fourth-order valence-corrected chi connectivity index (χ4v) is 3.82. The Balaban J connectivity index is 1.63. The lowest BCUT2D eigenvalue weighted by Gasteiger charge is -2.39. The molecular formula is C23H21NOS. The number of para-hydroxylation sites is 1. The third-order valence-electron chi connectivity index (χ3n) is 4.80. The number of hydrogen-bond acceptors (Lipinski definition) is 2. The van der Waals surface area contributed by atoms with Crippen LogP contribution in [0.25, 0.3) is 0 Å². The zero-order valence-electron chi connectivity index (χ0n) is 14.5. The van der Waals surface area contributed by atoms with Crippen LogP contribution in [0.15, 0.2) is 84.9 Å². The van der Waals surface area contributed by atoms with Gasteiger partial charge in [0.15, 0.2) is 0 Å². The van der Waals surface area contributed by atoms with Crippen LogP contribution in [0, 0.1) is 0 Å². The van der Waals surface area contributed by atoms with Crippen molar-refractivity contribution in [3.8, 4) is 5.75 Å². The van der Waals surface area contributed by atoms with Gasteiger partial charge < -0.3 is 9.64 Å². The normalized spacial score (nSPS) is 16.2. The highest BCUT2D eigenvalue weighted by atomic mass is 32.1. The Morgan fingerprint density at radius 3 is 2.27 bits per heavy atom. The maximum Gasteiger partial charge on any atom is 0.119 e. The predicted molar refractivity (Wildman–Crippen MR) is 109 cm³/mol. The molecule has 0 bridgehead atoms. The second-order valence-corrected chi connectivity index (χ2v) is 6.99. The second kappa shape index (κ2) is 7.71. The number of rotatable bonds is 5. The van der Waals surface area contributed by atoms with Crippen molar-refractivity contribution in [1.29, 1.82) is 0 Å². The van der Waals surface area contributed by atoms with Crippen LogP contribution >= 0.6 is 12.2 Å². The Labute approximate surface area is 160 Å². The van der Waals surface area contributed by atoms with Gasteiger partial charge in [0.2, 0.25) is 0 Å². The van der Waals surface area contributed by atoms with E-state index in [0.717, 1.165) is 23.7 Å². The summed E-state index contributed by atoms with van der Waals surface area (Å²) < 4.78 is 6.12. The highest BCUT2D eigenvalue weighted by molar-refractivity contribution is 7.80. The van der Waals surface area contributed by atoms with Gasteiger partial charge in [0, 0.05) is 13.0 Å². The van der Waals surface area contributed by atoms with Gasteiger partial charge in [0.05, 0.1) is 11.0 Å². The monoisotopic (exact) mass is 359 g/mol. The van der Waals surface area contributed by atoms with Crippen LogP contribution in [-0.2, 0) is 13.0 Å². The van der Waals surface area contributed by atoms with E-state index in [4.69, 9.17) is 17.0 Å².